The summed E-state index contributed by atoms with van der Waals surface area (Å²) in [5, 5.41) is 12.1. The van der Waals surface area contributed by atoms with Gasteiger partial charge in [0, 0.05) is 10.5 Å². The lowest BCUT2D eigenvalue weighted by Gasteiger charge is -2.20. The maximum absolute atomic E-state index is 12.2. The van der Waals surface area contributed by atoms with Crippen LogP contribution in [-0.2, 0) is 0 Å². The lowest BCUT2D eigenvalue weighted by molar-refractivity contribution is 0.0896. The zero-order valence-corrected chi connectivity index (χ0v) is 12.2. The van der Waals surface area contributed by atoms with Gasteiger partial charge in [0.05, 0.1) is 12.6 Å². The van der Waals surface area contributed by atoms with E-state index >= 15 is 0 Å². The van der Waals surface area contributed by atoms with E-state index in [1.165, 1.54) is 0 Å². The predicted octanol–water partition coefficient (Wildman–Crippen LogP) is 2.46. The van der Waals surface area contributed by atoms with E-state index in [2.05, 4.69) is 5.32 Å². The Balaban J connectivity index is 2.89. The standard InChI is InChI=1S/C14H21NO2S/c1-9(2)13(8-16)15-14(17)12-7-11(18-4)6-5-10(12)3/h5-7,9,13,16H,8H2,1-4H3,(H,15,17)/t13-/m1/s1. The summed E-state index contributed by atoms with van der Waals surface area (Å²) in [6, 6.07) is 5.64. The number of carbonyl (C=O) groups excluding carboxylic acids is 1. The Morgan fingerprint density at radius 2 is 2.11 bits per heavy atom. The summed E-state index contributed by atoms with van der Waals surface area (Å²) in [5.41, 5.74) is 1.63. The summed E-state index contributed by atoms with van der Waals surface area (Å²) < 4.78 is 0. The Kier molecular flexibility index (Phi) is 5.69. The molecule has 0 aromatic heterocycles. The van der Waals surface area contributed by atoms with Crippen molar-refractivity contribution in [1.82, 2.24) is 5.32 Å². The first kappa shape index (κ1) is 15.1. The maximum Gasteiger partial charge on any atom is 0.251 e. The summed E-state index contributed by atoms with van der Waals surface area (Å²) in [6.07, 6.45) is 1.98. The number of benzene rings is 1. The number of hydrogen-bond acceptors (Lipinski definition) is 3. The summed E-state index contributed by atoms with van der Waals surface area (Å²) in [5.74, 6) is 0.0964. The van der Waals surface area contributed by atoms with Gasteiger partial charge in [0.1, 0.15) is 0 Å². The normalized spacial score (nSPS) is 12.6. The molecule has 0 unspecified atom stereocenters. The van der Waals surface area contributed by atoms with Gasteiger partial charge in [0.2, 0.25) is 0 Å². The molecule has 0 saturated heterocycles. The smallest absolute Gasteiger partial charge is 0.251 e. The van der Waals surface area contributed by atoms with Crippen molar-refractivity contribution in [3.8, 4) is 0 Å². The Hall–Kier alpha value is -1.00. The second-order valence-electron chi connectivity index (χ2n) is 4.69. The van der Waals surface area contributed by atoms with Gasteiger partial charge < -0.3 is 10.4 Å². The number of aliphatic hydroxyl groups is 1. The van der Waals surface area contributed by atoms with Crippen molar-refractivity contribution in [2.45, 2.75) is 31.7 Å². The van der Waals surface area contributed by atoms with Gasteiger partial charge in [-0.15, -0.1) is 11.8 Å². The average Bonchev–Trinajstić information content (AvgIpc) is 2.35. The summed E-state index contributed by atoms with van der Waals surface area (Å²) >= 11 is 1.61. The van der Waals surface area contributed by atoms with Crippen LogP contribution in [0.25, 0.3) is 0 Å². The highest BCUT2D eigenvalue weighted by Crippen LogP contribution is 2.19. The van der Waals surface area contributed by atoms with Gasteiger partial charge in [-0.3, -0.25) is 4.79 Å². The second kappa shape index (κ2) is 6.81. The van der Waals surface area contributed by atoms with E-state index in [4.69, 9.17) is 0 Å². The van der Waals surface area contributed by atoms with Gasteiger partial charge in [-0.1, -0.05) is 19.9 Å². The first-order chi connectivity index (χ1) is 8.49. The number of thioether (sulfide) groups is 1. The molecule has 1 amide bonds. The van der Waals surface area contributed by atoms with Crippen LogP contribution >= 0.6 is 11.8 Å². The van der Waals surface area contributed by atoms with Crippen molar-refractivity contribution in [2.75, 3.05) is 12.9 Å². The topological polar surface area (TPSA) is 49.3 Å². The number of nitrogens with one attached hydrogen (secondary N) is 1. The van der Waals surface area contributed by atoms with Crippen LogP contribution in [0.15, 0.2) is 23.1 Å². The van der Waals surface area contributed by atoms with Crippen LogP contribution in [0.2, 0.25) is 0 Å². The van der Waals surface area contributed by atoms with Gasteiger partial charge in [-0.25, -0.2) is 0 Å². The predicted molar refractivity (Wildman–Crippen MR) is 76.1 cm³/mol. The van der Waals surface area contributed by atoms with Crippen molar-refractivity contribution >= 4 is 17.7 Å². The fourth-order valence-corrected chi connectivity index (χ4v) is 2.08. The molecule has 2 N–H and O–H groups in total. The minimum Gasteiger partial charge on any atom is -0.394 e. The van der Waals surface area contributed by atoms with E-state index in [1.807, 2.05) is 45.2 Å². The molecule has 1 aromatic carbocycles. The van der Waals surface area contributed by atoms with Gasteiger partial charge in [-0.2, -0.15) is 0 Å². The molecule has 18 heavy (non-hydrogen) atoms. The molecule has 100 valence electrons. The number of carbonyl (C=O) groups is 1. The quantitative estimate of drug-likeness (QED) is 0.806. The molecule has 3 nitrogen and oxygen atoms in total. The van der Waals surface area contributed by atoms with Crippen LogP contribution in [0.3, 0.4) is 0 Å². The first-order valence-corrected chi connectivity index (χ1v) is 7.28. The Bertz CT molecular complexity index is 418. The number of amides is 1. The Labute approximate surface area is 113 Å². The second-order valence-corrected chi connectivity index (χ2v) is 5.57. The monoisotopic (exact) mass is 267 g/mol. The molecule has 0 aliphatic heterocycles. The van der Waals surface area contributed by atoms with E-state index in [-0.39, 0.29) is 24.5 Å². The van der Waals surface area contributed by atoms with Crippen molar-refractivity contribution in [3.63, 3.8) is 0 Å². The SMILES string of the molecule is CSc1ccc(C)c(C(=O)N[C@H](CO)C(C)C)c1. The molecule has 0 aliphatic carbocycles. The molecule has 0 bridgehead atoms. The van der Waals surface area contributed by atoms with Gasteiger partial charge in [0.25, 0.3) is 5.91 Å². The molecular weight excluding hydrogens is 246 g/mol. The molecule has 0 saturated carbocycles. The third kappa shape index (κ3) is 3.75. The van der Waals surface area contributed by atoms with Crippen molar-refractivity contribution in [1.29, 1.82) is 0 Å². The van der Waals surface area contributed by atoms with E-state index in [0.29, 0.717) is 5.56 Å². The number of aliphatic hydroxyl groups excluding tert-OH is 1. The minimum atomic E-state index is -0.199. The highest BCUT2D eigenvalue weighted by molar-refractivity contribution is 7.98. The van der Waals surface area contributed by atoms with Crippen LogP contribution in [-0.4, -0.2) is 29.9 Å². The van der Waals surface area contributed by atoms with Crippen molar-refractivity contribution < 1.29 is 9.90 Å². The molecule has 4 heteroatoms. The molecule has 1 rings (SSSR count). The maximum atomic E-state index is 12.2. The fraction of sp³-hybridized carbons (Fsp3) is 0.500. The minimum absolute atomic E-state index is 0.0370. The zero-order valence-electron chi connectivity index (χ0n) is 11.4. The molecular formula is C14H21NO2S. The molecule has 1 atom stereocenters. The lowest BCUT2D eigenvalue weighted by atomic mass is 10.0. The van der Waals surface area contributed by atoms with E-state index in [0.717, 1.165) is 10.5 Å². The van der Waals surface area contributed by atoms with Gasteiger partial charge in [0.15, 0.2) is 0 Å². The largest absolute Gasteiger partial charge is 0.394 e. The van der Waals surface area contributed by atoms with Crippen LogP contribution < -0.4 is 5.32 Å². The van der Waals surface area contributed by atoms with Crippen molar-refractivity contribution in [3.05, 3.63) is 29.3 Å². The molecule has 1 aromatic rings. The fourth-order valence-electron chi connectivity index (χ4n) is 1.64. The first-order valence-electron chi connectivity index (χ1n) is 6.06. The summed E-state index contributed by atoms with van der Waals surface area (Å²) in [7, 11) is 0. The molecule has 0 radical (unpaired) electrons. The summed E-state index contributed by atoms with van der Waals surface area (Å²) in [4.78, 5) is 13.2. The van der Waals surface area contributed by atoms with Gasteiger partial charge >= 0.3 is 0 Å². The highest BCUT2D eigenvalue weighted by Gasteiger charge is 2.17. The zero-order chi connectivity index (χ0) is 13.7. The molecule has 0 spiro atoms. The Morgan fingerprint density at radius 3 is 2.61 bits per heavy atom. The Morgan fingerprint density at radius 1 is 1.44 bits per heavy atom. The van der Waals surface area contributed by atoms with Crippen LogP contribution in [0, 0.1) is 12.8 Å². The van der Waals surface area contributed by atoms with Crippen LogP contribution in [0.5, 0.6) is 0 Å². The number of hydrogen-bond donors (Lipinski definition) is 2. The van der Waals surface area contributed by atoms with Crippen LogP contribution in [0.1, 0.15) is 29.8 Å². The highest BCUT2D eigenvalue weighted by atomic mass is 32.2. The van der Waals surface area contributed by atoms with E-state index < -0.39 is 0 Å². The lowest BCUT2D eigenvalue weighted by Crippen LogP contribution is -2.41. The third-order valence-electron chi connectivity index (χ3n) is 3.01. The number of rotatable bonds is 5. The average molecular weight is 267 g/mol. The molecule has 0 heterocycles. The third-order valence-corrected chi connectivity index (χ3v) is 3.73. The summed E-state index contributed by atoms with van der Waals surface area (Å²) in [6.45, 7) is 5.84. The molecule has 0 aliphatic rings. The van der Waals surface area contributed by atoms with Gasteiger partial charge in [-0.05, 0) is 36.8 Å². The van der Waals surface area contributed by atoms with Crippen LogP contribution in [0.4, 0.5) is 0 Å². The van der Waals surface area contributed by atoms with Crippen molar-refractivity contribution in [2.24, 2.45) is 5.92 Å². The van der Waals surface area contributed by atoms with E-state index in [9.17, 15) is 9.90 Å². The number of aryl methyl sites for hydroxylation is 1. The van der Waals surface area contributed by atoms with E-state index in [1.54, 1.807) is 11.8 Å². The molecule has 0 fully saturated rings.